The summed E-state index contributed by atoms with van der Waals surface area (Å²) in [5.74, 6) is -1.65. The Kier molecular flexibility index (Phi) is 5.26. The number of hydrogen-bond donors (Lipinski definition) is 1. The second-order valence-electron chi connectivity index (χ2n) is 6.34. The Morgan fingerprint density at radius 1 is 1.19 bits per heavy atom. The first-order valence-electron chi connectivity index (χ1n) is 8.67. The number of nitrogens with zero attached hydrogens (tertiary/aromatic N) is 1. The molecule has 2 aromatic rings. The maximum absolute atomic E-state index is 13.2. The largest absolute Gasteiger partial charge is 0.507 e. The zero-order valence-electron chi connectivity index (χ0n) is 15.1. The first-order chi connectivity index (χ1) is 12.9. The lowest BCUT2D eigenvalue weighted by Crippen LogP contribution is -2.24. The van der Waals surface area contributed by atoms with E-state index in [1.165, 1.54) is 36.2 Å². The van der Waals surface area contributed by atoms with Crippen molar-refractivity contribution in [3.8, 4) is 5.75 Å². The fourth-order valence-electron chi connectivity index (χ4n) is 3.10. The van der Waals surface area contributed by atoms with Crippen molar-refractivity contribution in [2.75, 3.05) is 13.7 Å². The number of amides is 1. The number of carbonyl (C=O) groups is 2. The number of hydrogen-bond acceptors (Lipinski definition) is 4. The highest BCUT2D eigenvalue weighted by Crippen LogP contribution is 2.39. The van der Waals surface area contributed by atoms with Gasteiger partial charge in [-0.05, 0) is 48.4 Å². The van der Waals surface area contributed by atoms with Crippen molar-refractivity contribution in [3.63, 3.8) is 0 Å². The Morgan fingerprint density at radius 2 is 1.89 bits per heavy atom. The Morgan fingerprint density at radius 3 is 2.56 bits per heavy atom. The first-order valence-corrected chi connectivity index (χ1v) is 8.67. The molecule has 1 saturated heterocycles. The Labute approximate surface area is 156 Å². The minimum atomic E-state index is -0.774. The standard InChI is InChI=1S/C21H20FNO4/c1-3-11-27-16-6-4-5-14(12-16)18-17(20(25)21(26)23(18)2)19(24)13-7-9-15(22)10-8-13/h4-10,12,18,24H,3,11H2,1-2H3/b19-17+. The van der Waals surface area contributed by atoms with E-state index < -0.39 is 23.5 Å². The summed E-state index contributed by atoms with van der Waals surface area (Å²) in [4.78, 5) is 26.1. The van der Waals surface area contributed by atoms with Gasteiger partial charge in [-0.3, -0.25) is 9.59 Å². The molecule has 140 valence electrons. The fourth-order valence-corrected chi connectivity index (χ4v) is 3.10. The number of aliphatic hydroxyl groups is 1. The van der Waals surface area contributed by atoms with Crippen LogP contribution in [-0.4, -0.2) is 35.4 Å². The van der Waals surface area contributed by atoms with Gasteiger partial charge in [-0.2, -0.15) is 0 Å². The van der Waals surface area contributed by atoms with Crippen molar-refractivity contribution < 1.29 is 23.8 Å². The van der Waals surface area contributed by atoms with E-state index in [1.54, 1.807) is 24.3 Å². The van der Waals surface area contributed by atoms with E-state index in [9.17, 15) is 19.1 Å². The molecule has 1 aliphatic heterocycles. The molecule has 0 spiro atoms. The van der Waals surface area contributed by atoms with Crippen LogP contribution in [0.15, 0.2) is 54.1 Å². The van der Waals surface area contributed by atoms with Crippen LogP contribution in [0.1, 0.15) is 30.5 Å². The van der Waals surface area contributed by atoms with Gasteiger partial charge in [0.05, 0.1) is 18.2 Å². The predicted octanol–water partition coefficient (Wildman–Crippen LogP) is 3.67. The number of benzene rings is 2. The van der Waals surface area contributed by atoms with Crippen LogP contribution in [0, 0.1) is 5.82 Å². The van der Waals surface area contributed by atoms with E-state index in [0.717, 1.165) is 6.42 Å². The SMILES string of the molecule is CCCOc1cccc(C2/C(=C(\O)c3ccc(F)cc3)C(=O)C(=O)N2C)c1. The highest BCUT2D eigenvalue weighted by Gasteiger charge is 2.44. The quantitative estimate of drug-likeness (QED) is 0.496. The zero-order chi connectivity index (χ0) is 19.6. The van der Waals surface area contributed by atoms with Crippen molar-refractivity contribution in [1.29, 1.82) is 0 Å². The van der Waals surface area contributed by atoms with Crippen LogP contribution in [0.5, 0.6) is 5.75 Å². The maximum atomic E-state index is 13.2. The lowest BCUT2D eigenvalue weighted by atomic mass is 9.95. The molecule has 0 radical (unpaired) electrons. The third-order valence-corrected chi connectivity index (χ3v) is 4.44. The Hall–Kier alpha value is -3.15. The molecule has 0 aliphatic carbocycles. The summed E-state index contributed by atoms with van der Waals surface area (Å²) in [7, 11) is 1.51. The number of rotatable bonds is 5. The second-order valence-corrected chi connectivity index (χ2v) is 6.34. The summed E-state index contributed by atoms with van der Waals surface area (Å²) < 4.78 is 18.8. The first kappa shape index (κ1) is 18.6. The third-order valence-electron chi connectivity index (χ3n) is 4.44. The molecule has 0 saturated carbocycles. The minimum absolute atomic E-state index is 0.0262. The van der Waals surface area contributed by atoms with Gasteiger partial charge in [0.25, 0.3) is 11.7 Å². The van der Waals surface area contributed by atoms with Gasteiger partial charge >= 0.3 is 0 Å². The van der Waals surface area contributed by atoms with Gasteiger partial charge in [0.2, 0.25) is 0 Å². The number of likely N-dealkylation sites (N-methyl/N-ethyl adjacent to an activating group) is 1. The van der Waals surface area contributed by atoms with Gasteiger partial charge in [0.1, 0.15) is 17.3 Å². The molecular formula is C21H20FNO4. The monoisotopic (exact) mass is 369 g/mol. The number of likely N-dealkylation sites (tertiary alicyclic amines) is 1. The topological polar surface area (TPSA) is 66.8 Å². The van der Waals surface area contributed by atoms with E-state index >= 15 is 0 Å². The van der Waals surface area contributed by atoms with Crippen LogP contribution in [0.2, 0.25) is 0 Å². The molecular weight excluding hydrogens is 349 g/mol. The molecule has 0 aromatic heterocycles. The normalized spacial score (nSPS) is 18.8. The van der Waals surface area contributed by atoms with E-state index in [4.69, 9.17) is 4.74 Å². The molecule has 1 fully saturated rings. The van der Waals surface area contributed by atoms with Gasteiger partial charge < -0.3 is 14.7 Å². The number of Topliss-reactive ketones (excluding diaryl/α,β-unsaturated/α-hetero) is 1. The summed E-state index contributed by atoms with van der Waals surface area (Å²) in [6.07, 6.45) is 0.848. The van der Waals surface area contributed by atoms with E-state index in [0.29, 0.717) is 17.9 Å². The molecule has 27 heavy (non-hydrogen) atoms. The molecule has 1 aliphatic rings. The summed E-state index contributed by atoms with van der Waals surface area (Å²) in [5, 5.41) is 10.7. The van der Waals surface area contributed by atoms with Crippen molar-refractivity contribution in [1.82, 2.24) is 4.90 Å². The number of aliphatic hydroxyl groups excluding tert-OH is 1. The summed E-state index contributed by atoms with van der Waals surface area (Å²) >= 11 is 0. The van der Waals surface area contributed by atoms with Crippen LogP contribution in [-0.2, 0) is 9.59 Å². The van der Waals surface area contributed by atoms with E-state index in [-0.39, 0.29) is 16.9 Å². The molecule has 0 bridgehead atoms. The molecule has 6 heteroatoms. The number of ketones is 1. The smallest absolute Gasteiger partial charge is 0.295 e. The zero-order valence-corrected chi connectivity index (χ0v) is 15.1. The molecule has 1 N–H and O–H groups in total. The minimum Gasteiger partial charge on any atom is -0.507 e. The predicted molar refractivity (Wildman–Crippen MR) is 98.7 cm³/mol. The molecule has 1 heterocycles. The van der Waals surface area contributed by atoms with Gasteiger partial charge in [-0.15, -0.1) is 0 Å². The number of carbonyl (C=O) groups excluding carboxylic acids is 2. The maximum Gasteiger partial charge on any atom is 0.295 e. The molecule has 5 nitrogen and oxygen atoms in total. The van der Waals surface area contributed by atoms with Crippen LogP contribution in [0.25, 0.3) is 5.76 Å². The van der Waals surface area contributed by atoms with E-state index in [2.05, 4.69) is 0 Å². The second kappa shape index (κ2) is 7.61. The van der Waals surface area contributed by atoms with Crippen LogP contribution >= 0.6 is 0 Å². The lowest BCUT2D eigenvalue weighted by molar-refractivity contribution is -0.139. The molecule has 1 amide bonds. The van der Waals surface area contributed by atoms with Crippen molar-refractivity contribution >= 4 is 17.4 Å². The summed E-state index contributed by atoms with van der Waals surface area (Å²) in [5.41, 5.74) is 0.891. The molecule has 1 unspecified atom stereocenters. The summed E-state index contributed by atoms with van der Waals surface area (Å²) in [6.45, 7) is 2.54. The highest BCUT2D eigenvalue weighted by molar-refractivity contribution is 6.46. The third kappa shape index (κ3) is 3.56. The van der Waals surface area contributed by atoms with Crippen LogP contribution in [0.3, 0.4) is 0 Å². The van der Waals surface area contributed by atoms with Crippen molar-refractivity contribution in [2.45, 2.75) is 19.4 Å². The average Bonchev–Trinajstić information content (AvgIpc) is 2.90. The van der Waals surface area contributed by atoms with Crippen molar-refractivity contribution in [3.05, 3.63) is 71.0 Å². The number of halogens is 1. The van der Waals surface area contributed by atoms with Gasteiger partial charge in [-0.25, -0.2) is 4.39 Å². The van der Waals surface area contributed by atoms with Crippen LogP contribution < -0.4 is 4.74 Å². The lowest BCUT2D eigenvalue weighted by Gasteiger charge is -2.21. The highest BCUT2D eigenvalue weighted by atomic mass is 19.1. The fraction of sp³-hybridized carbons (Fsp3) is 0.238. The van der Waals surface area contributed by atoms with Gasteiger partial charge in [0.15, 0.2) is 0 Å². The van der Waals surface area contributed by atoms with E-state index in [1.807, 2.05) is 6.92 Å². The molecule has 2 aromatic carbocycles. The Bertz CT molecular complexity index is 905. The molecule has 3 rings (SSSR count). The molecule has 1 atom stereocenters. The number of ether oxygens (including phenoxy) is 1. The van der Waals surface area contributed by atoms with Crippen molar-refractivity contribution in [2.24, 2.45) is 0 Å². The van der Waals surface area contributed by atoms with Gasteiger partial charge in [-0.1, -0.05) is 19.1 Å². The summed E-state index contributed by atoms with van der Waals surface area (Å²) in [6, 6.07) is 11.4. The van der Waals surface area contributed by atoms with Gasteiger partial charge in [0, 0.05) is 12.6 Å². The van der Waals surface area contributed by atoms with Crippen LogP contribution in [0.4, 0.5) is 4.39 Å². The Balaban J connectivity index is 2.08. The average molecular weight is 369 g/mol.